The van der Waals surface area contributed by atoms with Gasteiger partial charge in [0.2, 0.25) is 0 Å². The molecule has 2 aliphatic carbocycles. The van der Waals surface area contributed by atoms with Crippen molar-refractivity contribution in [3.8, 4) is 0 Å². The van der Waals surface area contributed by atoms with Gasteiger partial charge in [-0.25, -0.2) is 4.79 Å². The van der Waals surface area contributed by atoms with Gasteiger partial charge in [0, 0.05) is 16.9 Å². The first-order chi connectivity index (χ1) is 14.2. The topological polar surface area (TPSA) is 35.5 Å². The standard InChI is InChI=1S/C24H34O3S2/c1-3-5-21-14-18-15-22(29-24(18)28-21)23(25)27-20-12-8-17(9-13-20)16-6-10-19(11-7-16)26-4-2/h14-17,19-20H,3-13H2,1-2H3/t16-,17-,19-,20-. The molecule has 0 amide bonds. The van der Waals surface area contributed by atoms with Crippen molar-refractivity contribution in [2.24, 2.45) is 11.8 Å². The van der Waals surface area contributed by atoms with Crippen LogP contribution in [0.15, 0.2) is 12.1 Å². The highest BCUT2D eigenvalue weighted by Crippen LogP contribution is 2.40. The fourth-order valence-corrected chi connectivity index (χ4v) is 7.69. The van der Waals surface area contributed by atoms with Crippen molar-refractivity contribution < 1.29 is 14.3 Å². The largest absolute Gasteiger partial charge is 0.458 e. The maximum absolute atomic E-state index is 12.7. The van der Waals surface area contributed by atoms with E-state index in [1.165, 1.54) is 59.2 Å². The lowest BCUT2D eigenvalue weighted by Crippen LogP contribution is -2.31. The molecular weight excluding hydrogens is 400 g/mol. The summed E-state index contributed by atoms with van der Waals surface area (Å²) in [6.07, 6.45) is 12.4. The van der Waals surface area contributed by atoms with Gasteiger partial charge in [0.25, 0.3) is 0 Å². The van der Waals surface area contributed by atoms with E-state index >= 15 is 0 Å². The molecule has 4 rings (SSSR count). The van der Waals surface area contributed by atoms with Gasteiger partial charge >= 0.3 is 5.97 Å². The summed E-state index contributed by atoms with van der Waals surface area (Å²) >= 11 is 3.43. The molecule has 2 heterocycles. The number of ether oxygens (including phenoxy) is 2. The van der Waals surface area contributed by atoms with Crippen molar-refractivity contribution in [3.05, 3.63) is 21.9 Å². The highest BCUT2D eigenvalue weighted by atomic mass is 32.2. The third-order valence-corrected chi connectivity index (χ3v) is 9.17. The van der Waals surface area contributed by atoms with Crippen LogP contribution in [-0.4, -0.2) is 24.8 Å². The van der Waals surface area contributed by atoms with Crippen LogP contribution >= 0.6 is 22.7 Å². The number of esters is 1. The second-order valence-corrected chi connectivity index (χ2v) is 11.2. The molecule has 0 N–H and O–H groups in total. The number of carbonyl (C=O) groups is 1. The Morgan fingerprint density at radius 2 is 1.59 bits per heavy atom. The zero-order chi connectivity index (χ0) is 20.2. The van der Waals surface area contributed by atoms with E-state index in [0.717, 1.165) is 42.6 Å². The lowest BCUT2D eigenvalue weighted by molar-refractivity contribution is -0.00172. The van der Waals surface area contributed by atoms with Crippen molar-refractivity contribution in [1.82, 2.24) is 0 Å². The summed E-state index contributed by atoms with van der Waals surface area (Å²) in [4.78, 5) is 14.8. The monoisotopic (exact) mass is 434 g/mol. The molecule has 2 aromatic rings. The first-order valence-electron chi connectivity index (χ1n) is 11.5. The molecule has 2 fully saturated rings. The van der Waals surface area contributed by atoms with Crippen LogP contribution in [0.5, 0.6) is 0 Å². The third kappa shape index (κ3) is 5.23. The number of fused-ring (bicyclic) bond motifs is 1. The summed E-state index contributed by atoms with van der Waals surface area (Å²) in [5, 5.41) is 1.21. The summed E-state index contributed by atoms with van der Waals surface area (Å²) < 4.78 is 13.0. The molecule has 160 valence electrons. The number of carbonyl (C=O) groups excluding carboxylic acids is 1. The van der Waals surface area contributed by atoms with Crippen LogP contribution in [-0.2, 0) is 15.9 Å². The minimum absolute atomic E-state index is 0.106. The number of hydrogen-bond acceptors (Lipinski definition) is 5. The van der Waals surface area contributed by atoms with E-state index in [4.69, 9.17) is 9.47 Å². The van der Waals surface area contributed by atoms with Gasteiger partial charge in [-0.2, -0.15) is 0 Å². The Morgan fingerprint density at radius 3 is 2.17 bits per heavy atom. The Bertz CT molecular complexity index is 761. The number of aryl methyl sites for hydroxylation is 1. The van der Waals surface area contributed by atoms with E-state index in [9.17, 15) is 4.79 Å². The number of rotatable bonds is 7. The van der Waals surface area contributed by atoms with Crippen LogP contribution in [0.4, 0.5) is 0 Å². The molecular formula is C24H34O3S2. The van der Waals surface area contributed by atoms with Crippen LogP contribution in [0.2, 0.25) is 0 Å². The van der Waals surface area contributed by atoms with Gasteiger partial charge in [0.1, 0.15) is 11.0 Å². The zero-order valence-corrected chi connectivity index (χ0v) is 19.4. The van der Waals surface area contributed by atoms with Crippen molar-refractivity contribution in [2.45, 2.75) is 90.3 Å². The maximum atomic E-state index is 12.7. The quantitative estimate of drug-likeness (QED) is 0.431. The van der Waals surface area contributed by atoms with Crippen LogP contribution < -0.4 is 0 Å². The molecule has 0 unspecified atom stereocenters. The van der Waals surface area contributed by atoms with E-state index in [0.29, 0.717) is 6.10 Å². The zero-order valence-electron chi connectivity index (χ0n) is 17.8. The Kier molecular flexibility index (Phi) is 7.30. The molecule has 0 saturated heterocycles. The van der Waals surface area contributed by atoms with Crippen LogP contribution in [0.3, 0.4) is 0 Å². The van der Waals surface area contributed by atoms with Gasteiger partial charge in [-0.05, 0) is 88.7 Å². The van der Waals surface area contributed by atoms with Crippen molar-refractivity contribution in [2.75, 3.05) is 6.61 Å². The molecule has 2 aliphatic rings. The molecule has 5 heteroatoms. The SMILES string of the molecule is CCCc1cc2cc(C(=O)O[C@H]3CC[C@H]([C@H]4CC[C@H](OCC)CC4)CC3)sc2s1. The van der Waals surface area contributed by atoms with E-state index < -0.39 is 0 Å². The first-order valence-corrected chi connectivity index (χ1v) is 13.1. The predicted octanol–water partition coefficient (Wildman–Crippen LogP) is 7.23. The fraction of sp³-hybridized carbons (Fsp3) is 0.708. The second-order valence-electron chi connectivity index (χ2n) is 8.75. The molecule has 0 aromatic carbocycles. The minimum atomic E-state index is -0.115. The average molecular weight is 435 g/mol. The van der Waals surface area contributed by atoms with Gasteiger partial charge < -0.3 is 9.47 Å². The maximum Gasteiger partial charge on any atom is 0.348 e. The highest BCUT2D eigenvalue weighted by Gasteiger charge is 2.32. The van der Waals surface area contributed by atoms with Crippen molar-refractivity contribution in [3.63, 3.8) is 0 Å². The van der Waals surface area contributed by atoms with Crippen molar-refractivity contribution in [1.29, 1.82) is 0 Å². The van der Waals surface area contributed by atoms with Gasteiger partial charge in [-0.15, -0.1) is 22.7 Å². The summed E-state index contributed by atoms with van der Waals surface area (Å²) in [5.74, 6) is 1.55. The van der Waals surface area contributed by atoms with Gasteiger partial charge in [-0.3, -0.25) is 0 Å². The van der Waals surface area contributed by atoms with E-state index in [2.05, 4.69) is 19.9 Å². The lowest BCUT2D eigenvalue weighted by atomic mass is 9.72. The Labute approximate surface area is 182 Å². The van der Waals surface area contributed by atoms with E-state index in [-0.39, 0.29) is 12.1 Å². The van der Waals surface area contributed by atoms with Crippen molar-refractivity contribution >= 4 is 38.0 Å². The predicted molar refractivity (Wildman–Crippen MR) is 122 cm³/mol. The highest BCUT2D eigenvalue weighted by molar-refractivity contribution is 7.39. The molecule has 2 saturated carbocycles. The molecule has 0 aliphatic heterocycles. The second kappa shape index (κ2) is 9.93. The number of hydrogen-bond donors (Lipinski definition) is 0. The number of thiophene rings is 2. The van der Waals surface area contributed by atoms with Gasteiger partial charge in [0.15, 0.2) is 0 Å². The van der Waals surface area contributed by atoms with Crippen LogP contribution in [0, 0.1) is 11.8 Å². The van der Waals surface area contributed by atoms with Crippen LogP contribution in [0.1, 0.15) is 86.2 Å². The summed E-state index contributed by atoms with van der Waals surface area (Å²) in [7, 11) is 0. The molecule has 3 nitrogen and oxygen atoms in total. The van der Waals surface area contributed by atoms with Crippen LogP contribution in [0.25, 0.3) is 9.40 Å². The normalized spacial score (nSPS) is 27.9. The van der Waals surface area contributed by atoms with E-state index in [1.54, 1.807) is 11.3 Å². The Hall–Kier alpha value is -0.910. The molecule has 0 spiro atoms. The molecule has 2 aromatic heterocycles. The first kappa shape index (κ1) is 21.3. The summed E-state index contributed by atoms with van der Waals surface area (Å²) in [6.45, 7) is 5.14. The summed E-state index contributed by atoms with van der Waals surface area (Å²) in [6, 6.07) is 4.27. The average Bonchev–Trinajstić information content (AvgIpc) is 3.29. The molecule has 0 bridgehead atoms. The fourth-order valence-electron chi connectivity index (χ4n) is 5.21. The molecule has 29 heavy (non-hydrogen) atoms. The third-order valence-electron chi connectivity index (χ3n) is 6.74. The molecule has 0 radical (unpaired) electrons. The van der Waals surface area contributed by atoms with E-state index in [1.807, 2.05) is 17.4 Å². The van der Waals surface area contributed by atoms with Gasteiger partial charge in [-0.1, -0.05) is 13.3 Å². The smallest absolute Gasteiger partial charge is 0.348 e. The molecule has 0 atom stereocenters. The Morgan fingerprint density at radius 1 is 0.931 bits per heavy atom. The Balaban J connectivity index is 1.24. The summed E-state index contributed by atoms with van der Waals surface area (Å²) in [5.41, 5.74) is 0. The lowest BCUT2D eigenvalue weighted by Gasteiger charge is -2.37. The minimum Gasteiger partial charge on any atom is -0.458 e. The van der Waals surface area contributed by atoms with Gasteiger partial charge in [0.05, 0.1) is 10.1 Å².